The van der Waals surface area contributed by atoms with Gasteiger partial charge in [0.2, 0.25) is 5.91 Å². The molecule has 0 heterocycles. The maximum atomic E-state index is 11.6. The van der Waals surface area contributed by atoms with Crippen molar-refractivity contribution in [2.24, 2.45) is 5.92 Å². The molecule has 20 heavy (non-hydrogen) atoms. The van der Waals surface area contributed by atoms with Gasteiger partial charge in [0.25, 0.3) is 0 Å². The van der Waals surface area contributed by atoms with Crippen LogP contribution in [-0.2, 0) is 4.79 Å². The molecule has 2 N–H and O–H groups in total. The topological polar surface area (TPSA) is 41.1 Å². The number of amides is 1. The predicted molar refractivity (Wildman–Crippen MR) is 85.1 cm³/mol. The second kappa shape index (κ2) is 6.78. The molecule has 3 nitrogen and oxygen atoms in total. The largest absolute Gasteiger partial charge is 0.382 e. The Labute approximate surface area is 122 Å². The SMILES string of the molecule is CCC(=O)Nc1cccc(NC2CCCC2CC)c1C. The summed E-state index contributed by atoms with van der Waals surface area (Å²) < 4.78 is 0. The molecule has 1 aliphatic carbocycles. The molecule has 1 aromatic carbocycles. The number of carbonyl (C=O) groups excluding carboxylic acids is 1. The number of nitrogens with one attached hydrogen (secondary N) is 2. The minimum absolute atomic E-state index is 0.0672. The summed E-state index contributed by atoms with van der Waals surface area (Å²) in [4.78, 5) is 11.6. The van der Waals surface area contributed by atoms with E-state index in [2.05, 4.69) is 30.5 Å². The molecule has 0 aliphatic heterocycles. The third-order valence-electron chi connectivity index (χ3n) is 4.45. The van der Waals surface area contributed by atoms with Crippen molar-refractivity contribution in [3.8, 4) is 0 Å². The minimum atomic E-state index is 0.0672. The van der Waals surface area contributed by atoms with Crippen LogP contribution in [0.2, 0.25) is 0 Å². The van der Waals surface area contributed by atoms with E-state index in [0.29, 0.717) is 12.5 Å². The molecule has 0 bridgehead atoms. The maximum Gasteiger partial charge on any atom is 0.224 e. The lowest BCUT2D eigenvalue weighted by Gasteiger charge is -2.23. The lowest BCUT2D eigenvalue weighted by Crippen LogP contribution is -2.24. The molecule has 0 saturated heterocycles. The number of rotatable bonds is 5. The summed E-state index contributed by atoms with van der Waals surface area (Å²) in [6, 6.07) is 6.68. The van der Waals surface area contributed by atoms with E-state index < -0.39 is 0 Å². The summed E-state index contributed by atoms with van der Waals surface area (Å²) in [5, 5.41) is 6.66. The third-order valence-corrected chi connectivity index (χ3v) is 4.45. The fraction of sp³-hybridized carbons (Fsp3) is 0.588. The van der Waals surface area contributed by atoms with Gasteiger partial charge >= 0.3 is 0 Å². The first-order chi connectivity index (χ1) is 9.65. The van der Waals surface area contributed by atoms with E-state index in [9.17, 15) is 4.79 Å². The number of benzene rings is 1. The van der Waals surface area contributed by atoms with Gasteiger partial charge in [0.15, 0.2) is 0 Å². The molecule has 1 fully saturated rings. The molecule has 0 radical (unpaired) electrons. The summed E-state index contributed by atoms with van der Waals surface area (Å²) in [7, 11) is 0. The van der Waals surface area contributed by atoms with Gasteiger partial charge in [0, 0.05) is 23.8 Å². The van der Waals surface area contributed by atoms with E-state index >= 15 is 0 Å². The van der Waals surface area contributed by atoms with Crippen molar-refractivity contribution < 1.29 is 4.79 Å². The van der Waals surface area contributed by atoms with Crippen LogP contribution in [0, 0.1) is 12.8 Å². The molecule has 0 aromatic heterocycles. The fourth-order valence-electron chi connectivity index (χ4n) is 3.08. The first-order valence-corrected chi connectivity index (χ1v) is 7.81. The highest BCUT2D eigenvalue weighted by Gasteiger charge is 2.25. The zero-order chi connectivity index (χ0) is 14.5. The van der Waals surface area contributed by atoms with Crippen LogP contribution in [0.3, 0.4) is 0 Å². The first-order valence-electron chi connectivity index (χ1n) is 7.81. The molecule has 1 amide bonds. The normalized spacial score (nSPS) is 21.8. The second-order valence-corrected chi connectivity index (χ2v) is 5.73. The smallest absolute Gasteiger partial charge is 0.224 e. The Bertz CT molecular complexity index is 470. The molecule has 3 heteroatoms. The summed E-state index contributed by atoms with van der Waals surface area (Å²) in [6.07, 6.45) is 5.66. The molecule has 1 aromatic rings. The zero-order valence-electron chi connectivity index (χ0n) is 12.8. The molecule has 1 saturated carbocycles. The van der Waals surface area contributed by atoms with Crippen LogP contribution in [0.15, 0.2) is 18.2 Å². The minimum Gasteiger partial charge on any atom is -0.382 e. The standard InChI is InChI=1S/C17H26N2O/c1-4-13-8-6-11-16(13)18-14-9-7-10-15(12(14)3)19-17(20)5-2/h7,9-10,13,16,18H,4-6,8,11H2,1-3H3,(H,19,20). The molecule has 0 spiro atoms. The highest BCUT2D eigenvalue weighted by molar-refractivity contribution is 5.92. The van der Waals surface area contributed by atoms with Gasteiger partial charge in [0.1, 0.15) is 0 Å². The third kappa shape index (κ3) is 3.33. The molecule has 1 aliphatic rings. The van der Waals surface area contributed by atoms with Gasteiger partial charge < -0.3 is 10.6 Å². The number of hydrogen-bond acceptors (Lipinski definition) is 2. The van der Waals surface area contributed by atoms with Gasteiger partial charge in [0.05, 0.1) is 0 Å². The monoisotopic (exact) mass is 274 g/mol. The van der Waals surface area contributed by atoms with Crippen molar-refractivity contribution in [3.05, 3.63) is 23.8 Å². The highest BCUT2D eigenvalue weighted by atomic mass is 16.1. The number of anilines is 2. The Morgan fingerprint density at radius 1 is 1.25 bits per heavy atom. The Morgan fingerprint density at radius 3 is 2.70 bits per heavy atom. The van der Waals surface area contributed by atoms with E-state index in [1.54, 1.807) is 0 Å². The highest BCUT2D eigenvalue weighted by Crippen LogP contribution is 2.32. The van der Waals surface area contributed by atoms with Crippen molar-refractivity contribution in [3.63, 3.8) is 0 Å². The molecule has 110 valence electrons. The van der Waals surface area contributed by atoms with Crippen LogP contribution in [0.4, 0.5) is 11.4 Å². The van der Waals surface area contributed by atoms with Gasteiger partial charge in [-0.05, 0) is 43.4 Å². The lowest BCUT2D eigenvalue weighted by molar-refractivity contribution is -0.115. The Kier molecular flexibility index (Phi) is 5.05. The van der Waals surface area contributed by atoms with Gasteiger partial charge in [-0.25, -0.2) is 0 Å². The second-order valence-electron chi connectivity index (χ2n) is 5.73. The Balaban J connectivity index is 2.12. The summed E-state index contributed by atoms with van der Waals surface area (Å²) >= 11 is 0. The molecular formula is C17H26N2O. The molecular weight excluding hydrogens is 248 g/mol. The van der Waals surface area contributed by atoms with E-state index in [1.165, 1.54) is 25.7 Å². The summed E-state index contributed by atoms with van der Waals surface area (Å²) in [6.45, 7) is 6.22. The van der Waals surface area contributed by atoms with Crippen molar-refractivity contribution in [1.29, 1.82) is 0 Å². The fourth-order valence-corrected chi connectivity index (χ4v) is 3.08. The number of hydrogen-bond donors (Lipinski definition) is 2. The Morgan fingerprint density at radius 2 is 2.00 bits per heavy atom. The van der Waals surface area contributed by atoms with Crippen molar-refractivity contribution in [2.45, 2.75) is 58.9 Å². The quantitative estimate of drug-likeness (QED) is 0.839. The van der Waals surface area contributed by atoms with Gasteiger partial charge in [-0.3, -0.25) is 4.79 Å². The summed E-state index contributed by atoms with van der Waals surface area (Å²) in [5.74, 6) is 0.848. The average molecular weight is 274 g/mol. The van der Waals surface area contributed by atoms with Crippen molar-refractivity contribution in [1.82, 2.24) is 0 Å². The van der Waals surface area contributed by atoms with Crippen LogP contribution < -0.4 is 10.6 Å². The van der Waals surface area contributed by atoms with E-state index in [-0.39, 0.29) is 5.91 Å². The average Bonchev–Trinajstić information content (AvgIpc) is 2.90. The van der Waals surface area contributed by atoms with Crippen molar-refractivity contribution in [2.75, 3.05) is 10.6 Å². The van der Waals surface area contributed by atoms with E-state index in [1.807, 2.05) is 19.1 Å². The lowest BCUT2D eigenvalue weighted by atomic mass is 10.00. The molecule has 2 atom stereocenters. The van der Waals surface area contributed by atoms with Gasteiger partial charge in [-0.2, -0.15) is 0 Å². The molecule has 2 rings (SSSR count). The van der Waals surface area contributed by atoms with Crippen LogP contribution in [0.5, 0.6) is 0 Å². The van der Waals surface area contributed by atoms with Crippen LogP contribution in [0.25, 0.3) is 0 Å². The maximum absolute atomic E-state index is 11.6. The van der Waals surface area contributed by atoms with Gasteiger partial charge in [-0.15, -0.1) is 0 Å². The van der Waals surface area contributed by atoms with Crippen molar-refractivity contribution >= 4 is 17.3 Å². The summed E-state index contributed by atoms with van der Waals surface area (Å²) in [5.41, 5.74) is 3.22. The Hall–Kier alpha value is -1.51. The van der Waals surface area contributed by atoms with E-state index in [0.717, 1.165) is 22.9 Å². The van der Waals surface area contributed by atoms with Crippen LogP contribution in [-0.4, -0.2) is 11.9 Å². The van der Waals surface area contributed by atoms with Crippen LogP contribution >= 0.6 is 0 Å². The first kappa shape index (κ1) is 14.9. The molecule has 2 unspecified atom stereocenters. The van der Waals surface area contributed by atoms with E-state index in [4.69, 9.17) is 0 Å². The number of carbonyl (C=O) groups is 1. The van der Waals surface area contributed by atoms with Gasteiger partial charge in [-0.1, -0.05) is 32.8 Å². The van der Waals surface area contributed by atoms with Crippen LogP contribution in [0.1, 0.15) is 51.5 Å². The zero-order valence-corrected chi connectivity index (χ0v) is 12.8. The predicted octanol–water partition coefficient (Wildman–Crippen LogP) is 4.33.